The number of aryl methyl sites for hydroxylation is 1. The van der Waals surface area contributed by atoms with Gasteiger partial charge in [0.25, 0.3) is 10.0 Å². The van der Waals surface area contributed by atoms with Crippen molar-refractivity contribution in [3.8, 4) is 16.8 Å². The Balaban J connectivity index is 1.41. The largest absolute Gasteiger partial charge is 0.458 e. The average Bonchev–Trinajstić information content (AvgIpc) is 3.65. The Morgan fingerprint density at radius 3 is 2.38 bits per heavy atom. The minimum atomic E-state index is -4.29. The van der Waals surface area contributed by atoms with E-state index in [9.17, 15) is 18.0 Å². The van der Waals surface area contributed by atoms with E-state index >= 15 is 0 Å². The number of hydrogen-bond donors (Lipinski definition) is 2. The highest BCUT2D eigenvalue weighted by Crippen LogP contribution is 2.29. The first-order chi connectivity index (χ1) is 23.1. The predicted octanol–water partition coefficient (Wildman–Crippen LogP) is 7.71. The number of unbranched alkanes of at least 4 members (excludes halogenated alkanes) is 3. The number of furan rings is 1. The quantitative estimate of drug-likeness (QED) is 0.107. The summed E-state index contributed by atoms with van der Waals surface area (Å²) in [5, 5.41) is 8.54. The van der Waals surface area contributed by atoms with Crippen LogP contribution in [0.25, 0.3) is 16.8 Å². The molecular weight excluding hydrogens is 673 g/mol. The van der Waals surface area contributed by atoms with E-state index in [4.69, 9.17) is 32.7 Å². The number of aromatic nitrogens is 3. The normalized spacial score (nSPS) is 11.5. The fourth-order valence-electron chi connectivity index (χ4n) is 5.26. The second-order valence-corrected chi connectivity index (χ2v) is 13.8. The van der Waals surface area contributed by atoms with Crippen LogP contribution in [0, 0.1) is 0 Å². The average molecular weight is 711 g/mol. The lowest BCUT2D eigenvalue weighted by molar-refractivity contribution is 0.0954. The highest BCUT2D eigenvalue weighted by molar-refractivity contribution is 7.90. The molecule has 252 valence electrons. The molecule has 0 bridgehead atoms. The van der Waals surface area contributed by atoms with E-state index in [1.165, 1.54) is 23.1 Å². The minimum Gasteiger partial charge on any atom is -0.458 e. The van der Waals surface area contributed by atoms with E-state index in [1.54, 1.807) is 41.0 Å². The van der Waals surface area contributed by atoms with E-state index in [2.05, 4.69) is 19.2 Å². The van der Waals surface area contributed by atoms with Crippen molar-refractivity contribution in [2.75, 3.05) is 11.9 Å². The number of sulfonamides is 1. The molecular formula is C35H37Cl2N5O5S. The van der Waals surface area contributed by atoms with Crippen molar-refractivity contribution >= 4 is 44.8 Å². The molecule has 0 saturated carbocycles. The van der Waals surface area contributed by atoms with Gasteiger partial charge in [0, 0.05) is 24.2 Å². The van der Waals surface area contributed by atoms with Gasteiger partial charge in [-0.25, -0.2) is 17.9 Å². The summed E-state index contributed by atoms with van der Waals surface area (Å²) in [4.78, 5) is 26.3. The first-order valence-electron chi connectivity index (χ1n) is 15.8. The van der Waals surface area contributed by atoms with Gasteiger partial charge in [0.05, 0.1) is 33.4 Å². The van der Waals surface area contributed by atoms with Crippen LogP contribution in [0.2, 0.25) is 10.0 Å². The summed E-state index contributed by atoms with van der Waals surface area (Å²) < 4.78 is 36.6. The smallest absolute Gasteiger partial charge is 0.351 e. The zero-order valence-corrected chi connectivity index (χ0v) is 29.0. The topological polar surface area (TPSA) is 128 Å². The number of anilines is 1. The minimum absolute atomic E-state index is 0.000467. The van der Waals surface area contributed by atoms with Crippen LogP contribution in [0.4, 0.5) is 5.69 Å². The number of halogens is 2. The summed E-state index contributed by atoms with van der Waals surface area (Å²) in [5.41, 5.74) is 2.88. The van der Waals surface area contributed by atoms with Gasteiger partial charge < -0.3 is 9.73 Å². The van der Waals surface area contributed by atoms with Crippen LogP contribution >= 0.6 is 23.2 Å². The van der Waals surface area contributed by atoms with E-state index in [1.807, 2.05) is 29.0 Å². The molecule has 2 aromatic heterocycles. The third-order valence-corrected chi connectivity index (χ3v) is 9.82. The highest BCUT2D eigenvalue weighted by Gasteiger charge is 2.25. The lowest BCUT2D eigenvalue weighted by Gasteiger charge is -2.12. The molecule has 13 heteroatoms. The Kier molecular flexibility index (Phi) is 11.5. The third kappa shape index (κ3) is 8.03. The standard InChI is InChI=1S/C35H37Cl2N5O5S/c1-3-5-9-20-38-26-17-18-28(36)30(22-26)42-35(44)41(32(39-42)12-6-4-2)23-24-13-15-25(16-14-24)27-10-7-8-11-31(27)48(45,46)40-34(43)33-29(37)19-21-47-33/h7-8,10-11,13-19,21-22,38H,3-6,9,12,20,23H2,1-2H3,(H,40,43). The van der Waals surface area contributed by atoms with Crippen molar-refractivity contribution < 1.29 is 17.6 Å². The molecule has 10 nitrogen and oxygen atoms in total. The zero-order valence-electron chi connectivity index (χ0n) is 26.7. The molecule has 3 aromatic carbocycles. The van der Waals surface area contributed by atoms with Gasteiger partial charge >= 0.3 is 11.6 Å². The number of benzene rings is 3. The van der Waals surface area contributed by atoms with Crippen LogP contribution in [-0.2, 0) is 23.0 Å². The lowest BCUT2D eigenvalue weighted by atomic mass is 10.0. The van der Waals surface area contributed by atoms with E-state index < -0.39 is 15.9 Å². The van der Waals surface area contributed by atoms with Crippen LogP contribution < -0.4 is 15.7 Å². The maximum absolute atomic E-state index is 13.8. The van der Waals surface area contributed by atoms with Crippen molar-refractivity contribution in [3.63, 3.8) is 0 Å². The Labute approximate surface area is 289 Å². The number of hydrogen-bond acceptors (Lipinski definition) is 7. The maximum Gasteiger partial charge on any atom is 0.351 e. The summed E-state index contributed by atoms with van der Waals surface area (Å²) in [5.74, 6) is -0.628. The summed E-state index contributed by atoms with van der Waals surface area (Å²) in [7, 11) is -4.29. The van der Waals surface area contributed by atoms with Gasteiger partial charge in [-0.15, -0.1) is 5.10 Å². The zero-order chi connectivity index (χ0) is 34.3. The molecule has 0 spiro atoms. The molecule has 5 rings (SSSR count). The third-order valence-electron chi connectivity index (χ3n) is 7.81. The Morgan fingerprint density at radius 1 is 0.917 bits per heavy atom. The number of rotatable bonds is 15. The molecule has 2 heterocycles. The second kappa shape index (κ2) is 15.7. The van der Waals surface area contributed by atoms with Gasteiger partial charge in [-0.2, -0.15) is 4.68 Å². The Bertz CT molecular complexity index is 2050. The molecule has 0 unspecified atom stereocenters. The van der Waals surface area contributed by atoms with Gasteiger partial charge in [0.1, 0.15) is 5.82 Å². The molecule has 5 aromatic rings. The van der Waals surface area contributed by atoms with Crippen LogP contribution in [0.5, 0.6) is 0 Å². The molecule has 1 amide bonds. The van der Waals surface area contributed by atoms with E-state index in [0.717, 1.165) is 49.9 Å². The molecule has 0 aliphatic heterocycles. The summed E-state index contributed by atoms with van der Waals surface area (Å²) in [6.45, 7) is 5.31. The molecule has 0 fully saturated rings. The van der Waals surface area contributed by atoms with E-state index in [0.29, 0.717) is 34.1 Å². The van der Waals surface area contributed by atoms with Gasteiger partial charge in [0.2, 0.25) is 5.76 Å². The number of amides is 1. The van der Waals surface area contributed by atoms with Gasteiger partial charge in [-0.05, 0) is 54.3 Å². The van der Waals surface area contributed by atoms with Gasteiger partial charge in [-0.3, -0.25) is 9.36 Å². The monoisotopic (exact) mass is 709 g/mol. The van der Waals surface area contributed by atoms with Crippen molar-refractivity contribution in [1.29, 1.82) is 0 Å². The van der Waals surface area contributed by atoms with E-state index in [-0.39, 0.29) is 27.9 Å². The first kappa shape index (κ1) is 35.0. The number of carbonyl (C=O) groups excluding carboxylic acids is 1. The van der Waals surface area contributed by atoms with Gasteiger partial charge in [-0.1, -0.05) is 98.8 Å². The maximum atomic E-state index is 13.8. The predicted molar refractivity (Wildman–Crippen MR) is 189 cm³/mol. The summed E-state index contributed by atoms with van der Waals surface area (Å²) in [6, 6.07) is 20.4. The fraction of sp³-hybridized carbons (Fsp3) is 0.286. The Morgan fingerprint density at radius 2 is 1.67 bits per heavy atom. The lowest BCUT2D eigenvalue weighted by Crippen LogP contribution is -2.30. The van der Waals surface area contributed by atoms with Crippen LogP contribution in [-0.4, -0.2) is 35.2 Å². The second-order valence-electron chi connectivity index (χ2n) is 11.3. The first-order valence-corrected chi connectivity index (χ1v) is 18.1. The van der Waals surface area contributed by atoms with Crippen molar-refractivity contribution in [3.05, 3.63) is 117 Å². The number of carbonyl (C=O) groups is 1. The van der Waals surface area contributed by atoms with Gasteiger partial charge in [0.15, 0.2) is 0 Å². The molecule has 0 aliphatic rings. The van der Waals surface area contributed by atoms with Crippen molar-refractivity contribution in [2.45, 2.75) is 63.8 Å². The van der Waals surface area contributed by atoms with Crippen molar-refractivity contribution in [2.24, 2.45) is 0 Å². The molecule has 0 saturated heterocycles. The molecule has 2 N–H and O–H groups in total. The Hall–Kier alpha value is -4.32. The van der Waals surface area contributed by atoms with Crippen LogP contribution in [0.15, 0.2) is 93.2 Å². The number of nitrogens with one attached hydrogen (secondary N) is 2. The summed E-state index contributed by atoms with van der Waals surface area (Å²) in [6.07, 6.45) is 6.91. The molecule has 48 heavy (non-hydrogen) atoms. The molecule has 0 radical (unpaired) electrons. The highest BCUT2D eigenvalue weighted by atomic mass is 35.5. The molecule has 0 aliphatic carbocycles. The SMILES string of the molecule is CCCCCNc1ccc(Cl)c(-n2nc(CCCC)n(Cc3ccc(-c4ccccc4S(=O)(=O)NC(=O)c4occc4Cl)cc3)c2=O)c1. The number of nitrogens with zero attached hydrogens (tertiary/aromatic N) is 3. The van der Waals surface area contributed by atoms with Crippen LogP contribution in [0.3, 0.4) is 0 Å². The van der Waals surface area contributed by atoms with Crippen LogP contribution in [0.1, 0.15) is 67.9 Å². The molecule has 0 atom stereocenters. The summed E-state index contributed by atoms with van der Waals surface area (Å²) >= 11 is 12.5. The fourth-order valence-corrected chi connectivity index (χ4v) is 6.82. The van der Waals surface area contributed by atoms with Crippen molar-refractivity contribution in [1.82, 2.24) is 19.1 Å².